The maximum Gasteiger partial charge on any atom is 0.164 e. The molecule has 0 N–H and O–H groups in total. The highest BCUT2D eigenvalue weighted by Gasteiger charge is 2.22. The van der Waals surface area contributed by atoms with Gasteiger partial charge < -0.3 is 4.57 Å². The molecule has 0 saturated carbocycles. The number of fused-ring (bicyclic) bond motifs is 10. The molecule has 0 spiro atoms. The third kappa shape index (κ3) is 5.42. The number of rotatable bonds is 5. The van der Waals surface area contributed by atoms with E-state index in [4.69, 9.17) is 15.0 Å². The first-order valence-corrected chi connectivity index (χ1v) is 21.7. The highest BCUT2D eigenvalue weighted by Crippen LogP contribution is 2.45. The molecule has 0 saturated heterocycles. The fourth-order valence-electron chi connectivity index (χ4n) is 9.58. The molecular weight excluding hydrogens is 773 g/mol. The summed E-state index contributed by atoms with van der Waals surface area (Å²) in [6.07, 6.45) is 0. The van der Waals surface area contributed by atoms with Gasteiger partial charge in [-0.25, -0.2) is 15.0 Å². The highest BCUT2D eigenvalue weighted by molar-refractivity contribution is 7.25. The molecule has 0 radical (unpaired) electrons. The Labute approximate surface area is 360 Å². The molecule has 3 heterocycles. The number of benzene rings is 10. The second-order valence-corrected chi connectivity index (χ2v) is 17.0. The van der Waals surface area contributed by atoms with Crippen LogP contribution in [0.25, 0.3) is 125 Å². The first-order chi connectivity index (χ1) is 30.7. The lowest BCUT2D eigenvalue weighted by Gasteiger charge is -2.17. The molecule has 0 bridgehead atoms. The molecule has 0 atom stereocenters. The molecule has 0 unspecified atom stereocenters. The lowest BCUT2D eigenvalue weighted by Crippen LogP contribution is -2.02. The first-order valence-electron chi connectivity index (χ1n) is 20.9. The molecule has 0 fully saturated rings. The van der Waals surface area contributed by atoms with E-state index in [9.17, 15) is 0 Å². The Kier molecular flexibility index (Phi) is 7.74. The van der Waals surface area contributed by atoms with Crippen LogP contribution >= 0.6 is 11.3 Å². The summed E-state index contributed by atoms with van der Waals surface area (Å²) in [7, 11) is 0. The van der Waals surface area contributed by atoms with Crippen molar-refractivity contribution in [2.24, 2.45) is 0 Å². The second-order valence-electron chi connectivity index (χ2n) is 15.9. The fraction of sp³-hybridized carbons (Fsp3) is 0. The summed E-state index contributed by atoms with van der Waals surface area (Å²) in [6.45, 7) is 0. The molecule has 62 heavy (non-hydrogen) atoms. The standard InChI is InChI=1S/C57H34N4S/c1-2-15-36(16-3-1)55-58-56(60-57(59-55)45-24-12-22-41-40-19-7-6-14-35(40)28-30-42(41)45)39-29-31-50(48(33-39)44-23-13-27-53-54(44)46-21-9-11-26-52(46)62-53)61-49-25-10-8-20-43(49)47-32-37-17-4-5-18-38(37)34-51(47)61/h1-34H. The molecule has 10 aromatic carbocycles. The molecule has 3 aromatic heterocycles. The predicted molar refractivity (Wildman–Crippen MR) is 261 cm³/mol. The quantitative estimate of drug-likeness (QED) is 0.163. The molecule has 0 amide bonds. The molecule has 5 heteroatoms. The third-order valence-corrected chi connectivity index (χ3v) is 13.6. The van der Waals surface area contributed by atoms with Crippen molar-refractivity contribution in [1.29, 1.82) is 0 Å². The van der Waals surface area contributed by atoms with Gasteiger partial charge in [-0.1, -0.05) is 158 Å². The monoisotopic (exact) mass is 806 g/mol. The molecule has 4 nitrogen and oxygen atoms in total. The van der Waals surface area contributed by atoms with Crippen molar-refractivity contribution in [1.82, 2.24) is 19.5 Å². The van der Waals surface area contributed by atoms with Gasteiger partial charge >= 0.3 is 0 Å². The van der Waals surface area contributed by atoms with Crippen LogP contribution in [0.1, 0.15) is 0 Å². The molecule has 13 aromatic rings. The number of hydrogen-bond acceptors (Lipinski definition) is 4. The van der Waals surface area contributed by atoms with Crippen LogP contribution in [0.15, 0.2) is 206 Å². The van der Waals surface area contributed by atoms with Crippen LogP contribution < -0.4 is 0 Å². The summed E-state index contributed by atoms with van der Waals surface area (Å²) in [4.78, 5) is 15.8. The Morgan fingerprint density at radius 3 is 1.84 bits per heavy atom. The minimum Gasteiger partial charge on any atom is -0.309 e. The minimum atomic E-state index is 0.620. The lowest BCUT2D eigenvalue weighted by molar-refractivity contribution is 1.07. The minimum absolute atomic E-state index is 0.620. The molecule has 0 aliphatic heterocycles. The van der Waals surface area contributed by atoms with Gasteiger partial charge in [0, 0.05) is 53.2 Å². The van der Waals surface area contributed by atoms with Crippen molar-refractivity contribution in [3.63, 3.8) is 0 Å². The molecular formula is C57H34N4S. The van der Waals surface area contributed by atoms with Crippen molar-refractivity contribution < 1.29 is 0 Å². The van der Waals surface area contributed by atoms with Gasteiger partial charge in [0.1, 0.15) is 0 Å². The van der Waals surface area contributed by atoms with Gasteiger partial charge in [-0.15, -0.1) is 11.3 Å². The highest BCUT2D eigenvalue weighted by atomic mass is 32.1. The SMILES string of the molecule is c1ccc(-c2nc(-c3ccc(-n4c5ccccc5c5cc6ccccc6cc54)c(-c4cccc5sc6ccccc6c45)c3)nc(-c3cccc4c3ccc3ccccc34)n2)cc1. The van der Waals surface area contributed by atoms with Crippen molar-refractivity contribution in [2.45, 2.75) is 0 Å². The van der Waals surface area contributed by atoms with Crippen LogP contribution in [0.5, 0.6) is 0 Å². The zero-order valence-corrected chi connectivity index (χ0v) is 34.1. The Morgan fingerprint density at radius 2 is 0.968 bits per heavy atom. The Bertz CT molecular complexity index is 3940. The maximum atomic E-state index is 5.37. The number of aromatic nitrogens is 4. The number of para-hydroxylation sites is 1. The van der Waals surface area contributed by atoms with Gasteiger partial charge in [0.15, 0.2) is 17.5 Å². The van der Waals surface area contributed by atoms with Gasteiger partial charge in [0.25, 0.3) is 0 Å². The van der Waals surface area contributed by atoms with Crippen LogP contribution in [-0.4, -0.2) is 19.5 Å². The van der Waals surface area contributed by atoms with Crippen molar-refractivity contribution in [3.8, 4) is 51.0 Å². The summed E-state index contributed by atoms with van der Waals surface area (Å²) in [6, 6.07) is 74.0. The van der Waals surface area contributed by atoms with Gasteiger partial charge in [0.05, 0.1) is 16.7 Å². The fourth-order valence-corrected chi connectivity index (χ4v) is 10.7. The van der Waals surface area contributed by atoms with Crippen molar-refractivity contribution in [3.05, 3.63) is 206 Å². The van der Waals surface area contributed by atoms with Crippen molar-refractivity contribution >= 4 is 85.6 Å². The van der Waals surface area contributed by atoms with Crippen LogP contribution in [-0.2, 0) is 0 Å². The third-order valence-electron chi connectivity index (χ3n) is 12.4. The summed E-state index contributed by atoms with van der Waals surface area (Å²) in [5, 5.41) is 12.1. The van der Waals surface area contributed by atoms with Gasteiger partial charge in [-0.05, 0) is 86.4 Å². The van der Waals surface area contributed by atoms with Crippen LogP contribution in [0.4, 0.5) is 0 Å². The zero-order valence-electron chi connectivity index (χ0n) is 33.3. The summed E-state index contributed by atoms with van der Waals surface area (Å²) in [5.74, 6) is 1.89. The summed E-state index contributed by atoms with van der Waals surface area (Å²) >= 11 is 1.84. The van der Waals surface area contributed by atoms with E-state index in [1.807, 2.05) is 29.5 Å². The number of hydrogen-bond donors (Lipinski definition) is 0. The van der Waals surface area contributed by atoms with Crippen LogP contribution in [0.2, 0.25) is 0 Å². The number of nitrogens with zero attached hydrogens (tertiary/aromatic N) is 4. The van der Waals surface area contributed by atoms with Gasteiger partial charge in [0.2, 0.25) is 0 Å². The molecule has 0 aliphatic carbocycles. The molecule has 0 aliphatic rings. The largest absolute Gasteiger partial charge is 0.309 e. The number of thiophene rings is 1. The maximum absolute atomic E-state index is 5.37. The van der Waals surface area contributed by atoms with E-state index in [2.05, 4.69) is 193 Å². The van der Waals surface area contributed by atoms with E-state index in [0.717, 1.165) is 38.8 Å². The van der Waals surface area contributed by atoms with E-state index >= 15 is 0 Å². The van der Waals surface area contributed by atoms with E-state index in [1.54, 1.807) is 0 Å². The van der Waals surface area contributed by atoms with E-state index < -0.39 is 0 Å². The Hall–Kier alpha value is -7.99. The summed E-state index contributed by atoms with van der Waals surface area (Å²) in [5.41, 5.74) is 8.51. The van der Waals surface area contributed by atoms with Crippen LogP contribution in [0.3, 0.4) is 0 Å². The van der Waals surface area contributed by atoms with Gasteiger partial charge in [-0.3, -0.25) is 0 Å². The normalized spacial score (nSPS) is 11.9. The van der Waals surface area contributed by atoms with Crippen molar-refractivity contribution in [2.75, 3.05) is 0 Å². The predicted octanol–water partition coefficient (Wildman–Crippen LogP) is 15.5. The average molecular weight is 807 g/mol. The van der Waals surface area contributed by atoms with Gasteiger partial charge in [-0.2, -0.15) is 0 Å². The Morgan fingerprint density at radius 1 is 0.323 bits per heavy atom. The summed E-state index contributed by atoms with van der Waals surface area (Å²) < 4.78 is 4.98. The molecule has 288 valence electrons. The average Bonchev–Trinajstić information content (AvgIpc) is 3.88. The van der Waals surface area contributed by atoms with Crippen LogP contribution in [0, 0.1) is 0 Å². The topological polar surface area (TPSA) is 43.6 Å². The molecule has 13 rings (SSSR count). The zero-order chi connectivity index (χ0) is 40.7. The Balaban J connectivity index is 1.11. The van der Waals surface area contributed by atoms with E-state index in [1.165, 1.54) is 69.0 Å². The van der Waals surface area contributed by atoms with E-state index in [0.29, 0.717) is 17.5 Å². The van der Waals surface area contributed by atoms with E-state index in [-0.39, 0.29) is 0 Å². The second kappa shape index (κ2) is 13.8. The smallest absolute Gasteiger partial charge is 0.164 e. The lowest BCUT2D eigenvalue weighted by atomic mass is 9.95. The first kappa shape index (κ1) is 34.8.